The number of ketones is 1. The molecule has 0 spiro atoms. The Labute approximate surface area is 276 Å². The molecule has 4 nitrogen and oxygen atoms in total. The van der Waals surface area contributed by atoms with E-state index in [2.05, 4.69) is 26.7 Å². The Morgan fingerprint density at radius 3 is 2.09 bits per heavy atom. The van der Waals surface area contributed by atoms with Crippen LogP contribution in [0.2, 0.25) is 0 Å². The number of allylic oxidation sites excluding steroid dienone is 8. The molecule has 5 atom stereocenters. The SMILES string of the molecule is C=C(C)[C@H]1C=CC(=O)CC1.[2H]C([2H])([2H])C1(O)C=C[C@H](C(=C)C)CC1.[2H]C([2H])([2H])C1=CC(c2c(O)cc(CCCCC)cc2O)[C@H](C(=C)C)CC1. The van der Waals surface area contributed by atoms with Crippen molar-refractivity contribution in [2.75, 3.05) is 0 Å². The normalized spacial score (nSPS) is 28.6. The number of aryl methyl sites for hydroxylation is 1. The van der Waals surface area contributed by atoms with Gasteiger partial charge in [0.1, 0.15) is 11.5 Å². The summed E-state index contributed by atoms with van der Waals surface area (Å²) >= 11 is 0. The summed E-state index contributed by atoms with van der Waals surface area (Å²) in [6.07, 6.45) is 16.2. The highest BCUT2D eigenvalue weighted by atomic mass is 16.3. The summed E-state index contributed by atoms with van der Waals surface area (Å²) in [7, 11) is 0. The molecule has 0 aliphatic heterocycles. The van der Waals surface area contributed by atoms with Gasteiger partial charge >= 0.3 is 0 Å². The molecule has 3 aliphatic carbocycles. The maximum absolute atomic E-state index is 10.7. The smallest absolute Gasteiger partial charge is 0.155 e. The monoisotopic (exact) mass is 608 g/mol. The van der Waals surface area contributed by atoms with Gasteiger partial charge in [0.15, 0.2) is 5.78 Å². The molecule has 3 N–H and O–H groups in total. The van der Waals surface area contributed by atoms with Gasteiger partial charge in [-0.25, -0.2) is 0 Å². The number of unbranched alkanes of at least 4 members (excludes halogenated alkanes) is 2. The van der Waals surface area contributed by atoms with Gasteiger partial charge in [-0.2, -0.15) is 0 Å². The Morgan fingerprint density at radius 1 is 0.955 bits per heavy atom. The Morgan fingerprint density at radius 2 is 1.61 bits per heavy atom. The van der Waals surface area contributed by atoms with Crippen LogP contribution in [0.5, 0.6) is 11.5 Å². The number of carbonyl (C=O) groups excluding carboxylic acids is 1. The third-order valence-corrected chi connectivity index (χ3v) is 8.69. The molecule has 0 bridgehead atoms. The fourth-order valence-corrected chi connectivity index (χ4v) is 5.84. The Kier molecular flexibility index (Phi) is 11.2. The zero-order chi connectivity index (χ0) is 38.0. The lowest BCUT2D eigenvalue weighted by atomic mass is 9.73. The van der Waals surface area contributed by atoms with Gasteiger partial charge in [-0.05, 0) is 121 Å². The first-order valence-corrected chi connectivity index (χ1v) is 16.0. The van der Waals surface area contributed by atoms with Crippen molar-refractivity contribution in [3.8, 4) is 11.5 Å². The lowest BCUT2D eigenvalue weighted by Gasteiger charge is -2.31. The summed E-state index contributed by atoms with van der Waals surface area (Å²) in [5.74, 6) is 0.601. The van der Waals surface area contributed by atoms with Crippen molar-refractivity contribution in [3.05, 3.63) is 95.7 Å². The molecule has 2 unspecified atom stereocenters. The Balaban J connectivity index is 0.000000300. The Bertz CT molecular complexity index is 1440. The molecule has 0 saturated carbocycles. The Hall–Kier alpha value is -3.11. The average molecular weight is 609 g/mol. The number of phenols is 2. The van der Waals surface area contributed by atoms with Crippen molar-refractivity contribution in [2.24, 2.45) is 17.8 Å². The number of hydrogen-bond acceptors (Lipinski definition) is 4. The lowest BCUT2D eigenvalue weighted by Crippen LogP contribution is -2.25. The van der Waals surface area contributed by atoms with E-state index in [0.717, 1.165) is 54.4 Å². The summed E-state index contributed by atoms with van der Waals surface area (Å²) < 4.78 is 44.7. The number of aliphatic hydroxyl groups is 1. The van der Waals surface area contributed by atoms with Crippen molar-refractivity contribution in [2.45, 2.75) is 117 Å². The molecule has 44 heavy (non-hydrogen) atoms. The van der Waals surface area contributed by atoms with E-state index in [0.29, 0.717) is 42.7 Å². The van der Waals surface area contributed by atoms with Gasteiger partial charge < -0.3 is 15.3 Å². The first-order chi connectivity index (χ1) is 23.1. The maximum atomic E-state index is 10.7. The van der Waals surface area contributed by atoms with E-state index < -0.39 is 19.3 Å². The fourth-order valence-electron chi connectivity index (χ4n) is 5.84. The zero-order valence-corrected chi connectivity index (χ0v) is 27.3. The van der Waals surface area contributed by atoms with Crippen LogP contribution in [0.25, 0.3) is 0 Å². The average Bonchev–Trinajstić information content (AvgIpc) is 3.01. The molecular weight excluding hydrogens is 544 g/mol. The molecule has 4 heteroatoms. The maximum Gasteiger partial charge on any atom is 0.155 e. The van der Waals surface area contributed by atoms with Gasteiger partial charge in [-0.3, -0.25) is 4.79 Å². The van der Waals surface area contributed by atoms with E-state index in [1.807, 2.05) is 26.8 Å². The minimum absolute atomic E-state index is 0.00356. The molecule has 0 aromatic heterocycles. The van der Waals surface area contributed by atoms with Crippen LogP contribution >= 0.6 is 0 Å². The predicted molar refractivity (Wildman–Crippen MR) is 186 cm³/mol. The van der Waals surface area contributed by atoms with E-state index in [1.165, 1.54) is 6.08 Å². The summed E-state index contributed by atoms with van der Waals surface area (Å²) in [5.41, 5.74) is 3.17. The quantitative estimate of drug-likeness (QED) is 0.203. The molecule has 0 fully saturated rings. The van der Waals surface area contributed by atoms with Crippen LogP contribution in [0.3, 0.4) is 0 Å². The van der Waals surface area contributed by atoms with Gasteiger partial charge in [0.25, 0.3) is 0 Å². The zero-order valence-electron chi connectivity index (χ0n) is 33.3. The highest BCUT2D eigenvalue weighted by molar-refractivity contribution is 5.90. The van der Waals surface area contributed by atoms with Crippen molar-refractivity contribution >= 4 is 5.78 Å². The van der Waals surface area contributed by atoms with Crippen LogP contribution in [0, 0.1) is 17.8 Å². The minimum Gasteiger partial charge on any atom is -0.507 e. The topological polar surface area (TPSA) is 77.8 Å². The standard InChI is InChI=1S/C21H30O2.C10H16O.C9H12O/c1-5-6-7-8-16-12-19(22)21(20(23)13-16)18-11-15(4)9-10-17(18)14(2)3;1-8(2)9-4-6-10(3,11)7-5-9;1-7(2)8-3-5-9(10)6-4-8/h11-13,17-18,22-23H,2,5-10H2,1,3-4H3;4,6,9,11H,1,5,7H2,2-3H3;3,5,8H,1,4,6H2,2H3/t17-,18?;9-,10?;8-/m000/s1/i4D3;3D3;. The summed E-state index contributed by atoms with van der Waals surface area (Å²) in [6, 6.07) is 3.41. The third-order valence-electron chi connectivity index (χ3n) is 8.69. The summed E-state index contributed by atoms with van der Waals surface area (Å²) in [5, 5.41) is 31.0. The second-order valence-electron chi connectivity index (χ2n) is 12.8. The minimum atomic E-state index is -2.33. The number of rotatable bonds is 8. The second-order valence-corrected chi connectivity index (χ2v) is 12.8. The number of aromatic hydroxyl groups is 2. The molecule has 0 saturated heterocycles. The molecule has 1 aromatic carbocycles. The number of carbonyl (C=O) groups is 1. The third kappa shape index (κ3) is 11.8. The van der Waals surface area contributed by atoms with E-state index >= 15 is 0 Å². The van der Waals surface area contributed by atoms with Crippen LogP contribution in [-0.4, -0.2) is 26.7 Å². The highest BCUT2D eigenvalue weighted by Gasteiger charge is 2.30. The molecule has 4 rings (SSSR count). The number of benzene rings is 1. The summed E-state index contributed by atoms with van der Waals surface area (Å²) in [6.45, 7) is 15.2. The van der Waals surface area contributed by atoms with Crippen molar-refractivity contribution in [1.29, 1.82) is 0 Å². The first kappa shape index (κ1) is 28.4. The number of hydrogen-bond donors (Lipinski definition) is 3. The van der Waals surface area contributed by atoms with Crippen molar-refractivity contribution in [1.82, 2.24) is 0 Å². The van der Waals surface area contributed by atoms with Gasteiger partial charge in [0, 0.05) is 26.1 Å². The van der Waals surface area contributed by atoms with E-state index in [-0.39, 0.29) is 41.5 Å². The predicted octanol–water partition coefficient (Wildman–Crippen LogP) is 10.2. The summed E-state index contributed by atoms with van der Waals surface area (Å²) in [4.78, 5) is 10.7. The largest absolute Gasteiger partial charge is 0.507 e. The van der Waals surface area contributed by atoms with Crippen LogP contribution in [-0.2, 0) is 11.2 Å². The van der Waals surface area contributed by atoms with Crippen molar-refractivity contribution < 1.29 is 28.3 Å². The molecule has 3 aliphatic rings. The van der Waals surface area contributed by atoms with Crippen LogP contribution < -0.4 is 0 Å². The molecule has 1 aromatic rings. The molecule has 0 radical (unpaired) electrons. The molecular formula is C40H58O4. The van der Waals surface area contributed by atoms with Crippen LogP contribution in [0.15, 0.2) is 84.5 Å². The number of phenolic OH excluding ortho intramolecular Hbond substituents is 2. The van der Waals surface area contributed by atoms with Crippen LogP contribution in [0.1, 0.15) is 124 Å². The van der Waals surface area contributed by atoms with Gasteiger partial charge in [-0.1, -0.05) is 86.1 Å². The molecule has 0 amide bonds. The first-order valence-electron chi connectivity index (χ1n) is 19.0. The van der Waals surface area contributed by atoms with Gasteiger partial charge in [-0.15, -0.1) is 0 Å². The van der Waals surface area contributed by atoms with Gasteiger partial charge in [0.2, 0.25) is 0 Å². The van der Waals surface area contributed by atoms with E-state index in [1.54, 1.807) is 30.4 Å². The van der Waals surface area contributed by atoms with E-state index in [4.69, 9.17) is 8.22 Å². The molecule has 242 valence electrons. The molecule has 0 heterocycles. The highest BCUT2D eigenvalue weighted by Crippen LogP contribution is 2.46. The van der Waals surface area contributed by atoms with E-state index in [9.17, 15) is 20.1 Å². The van der Waals surface area contributed by atoms with Crippen molar-refractivity contribution in [3.63, 3.8) is 0 Å². The van der Waals surface area contributed by atoms with Gasteiger partial charge in [0.05, 0.1) is 5.60 Å². The fraction of sp³-hybridized carbons (Fsp3) is 0.525. The van der Waals surface area contributed by atoms with Crippen LogP contribution in [0.4, 0.5) is 0 Å². The second kappa shape index (κ2) is 17.4. The lowest BCUT2D eigenvalue weighted by molar-refractivity contribution is -0.115.